The van der Waals surface area contributed by atoms with Crippen molar-refractivity contribution in [2.24, 2.45) is 11.7 Å². The fourth-order valence-corrected chi connectivity index (χ4v) is 1.78. The number of carbonyl (C=O) groups excluding carboxylic acids is 1. The third kappa shape index (κ3) is 3.11. The van der Waals surface area contributed by atoms with E-state index in [4.69, 9.17) is 15.7 Å². The molecule has 2 atom stereocenters. The summed E-state index contributed by atoms with van der Waals surface area (Å²) >= 11 is 0. The van der Waals surface area contributed by atoms with Crippen LogP contribution < -0.4 is 5.73 Å². The van der Waals surface area contributed by atoms with Crippen molar-refractivity contribution in [3.05, 3.63) is 0 Å². The lowest BCUT2D eigenvalue weighted by Gasteiger charge is -2.27. The number of nitriles is 1. The first-order valence-corrected chi connectivity index (χ1v) is 5.46. The van der Waals surface area contributed by atoms with Gasteiger partial charge in [-0.05, 0) is 27.2 Å². The molecule has 1 amide bonds. The third-order valence-corrected chi connectivity index (χ3v) is 2.50. The molecule has 16 heavy (non-hydrogen) atoms. The monoisotopic (exact) mass is 225 g/mol. The van der Waals surface area contributed by atoms with E-state index in [0.717, 1.165) is 0 Å². The Balaban J connectivity index is 2.65. The molecule has 1 rings (SSSR count). The van der Waals surface area contributed by atoms with Crippen molar-refractivity contribution in [3.8, 4) is 6.07 Å². The number of hydrogen-bond donors (Lipinski definition) is 1. The van der Waals surface area contributed by atoms with Crippen LogP contribution in [-0.2, 0) is 4.74 Å². The maximum Gasteiger partial charge on any atom is 0.410 e. The Bertz CT molecular complexity index is 303. The van der Waals surface area contributed by atoms with Gasteiger partial charge in [-0.1, -0.05) is 0 Å². The van der Waals surface area contributed by atoms with Crippen LogP contribution in [0, 0.1) is 17.2 Å². The van der Waals surface area contributed by atoms with Crippen LogP contribution in [0.15, 0.2) is 0 Å². The molecule has 1 aliphatic heterocycles. The molecule has 0 aromatic rings. The quantitative estimate of drug-likeness (QED) is 0.724. The van der Waals surface area contributed by atoms with Gasteiger partial charge in [-0.2, -0.15) is 5.26 Å². The van der Waals surface area contributed by atoms with E-state index in [1.54, 1.807) is 4.90 Å². The number of carbonyl (C=O) groups is 1. The Morgan fingerprint density at radius 1 is 1.62 bits per heavy atom. The minimum Gasteiger partial charge on any atom is -0.444 e. The summed E-state index contributed by atoms with van der Waals surface area (Å²) in [6.45, 7) is 6.26. The van der Waals surface area contributed by atoms with Crippen LogP contribution in [0.2, 0.25) is 0 Å². The third-order valence-electron chi connectivity index (χ3n) is 2.50. The number of nitrogens with zero attached hydrogens (tertiary/aromatic N) is 2. The lowest BCUT2D eigenvalue weighted by molar-refractivity contribution is 0.0229. The SMILES string of the molecule is CC(C)(C)OC(=O)N1C[C@@H](C#N)C[C@H]1CN. The average molecular weight is 225 g/mol. The van der Waals surface area contributed by atoms with Crippen LogP contribution in [0.1, 0.15) is 27.2 Å². The number of likely N-dealkylation sites (tertiary alicyclic amines) is 1. The molecule has 0 radical (unpaired) electrons. The Labute approximate surface area is 96.2 Å². The molecular formula is C11H19N3O2. The number of hydrogen-bond acceptors (Lipinski definition) is 4. The fraction of sp³-hybridized carbons (Fsp3) is 0.818. The van der Waals surface area contributed by atoms with E-state index in [-0.39, 0.29) is 18.1 Å². The van der Waals surface area contributed by atoms with Crippen molar-refractivity contribution in [2.45, 2.75) is 38.8 Å². The van der Waals surface area contributed by atoms with E-state index in [0.29, 0.717) is 19.5 Å². The number of amides is 1. The van der Waals surface area contributed by atoms with Gasteiger partial charge in [0, 0.05) is 19.1 Å². The van der Waals surface area contributed by atoms with Crippen molar-refractivity contribution in [1.29, 1.82) is 5.26 Å². The van der Waals surface area contributed by atoms with Gasteiger partial charge in [0.25, 0.3) is 0 Å². The van der Waals surface area contributed by atoms with Gasteiger partial charge in [-0.15, -0.1) is 0 Å². The van der Waals surface area contributed by atoms with Gasteiger partial charge in [0.2, 0.25) is 0 Å². The number of rotatable bonds is 1. The van der Waals surface area contributed by atoms with Crippen molar-refractivity contribution < 1.29 is 9.53 Å². The first-order chi connectivity index (χ1) is 7.37. The topological polar surface area (TPSA) is 79.3 Å². The van der Waals surface area contributed by atoms with E-state index in [9.17, 15) is 4.79 Å². The molecule has 0 bridgehead atoms. The molecule has 1 saturated heterocycles. The Morgan fingerprint density at radius 3 is 2.69 bits per heavy atom. The maximum absolute atomic E-state index is 11.8. The zero-order valence-electron chi connectivity index (χ0n) is 10.1. The summed E-state index contributed by atoms with van der Waals surface area (Å²) in [5.74, 6) is -0.124. The highest BCUT2D eigenvalue weighted by Crippen LogP contribution is 2.24. The lowest BCUT2D eigenvalue weighted by Crippen LogP contribution is -2.42. The summed E-state index contributed by atoms with van der Waals surface area (Å²) in [7, 11) is 0. The smallest absolute Gasteiger partial charge is 0.410 e. The maximum atomic E-state index is 11.8. The lowest BCUT2D eigenvalue weighted by atomic mass is 10.1. The first-order valence-electron chi connectivity index (χ1n) is 5.46. The number of ether oxygens (including phenoxy) is 1. The summed E-state index contributed by atoms with van der Waals surface area (Å²) in [4.78, 5) is 13.4. The largest absolute Gasteiger partial charge is 0.444 e. The van der Waals surface area contributed by atoms with E-state index in [1.165, 1.54) is 0 Å². The molecule has 1 heterocycles. The van der Waals surface area contributed by atoms with Crippen molar-refractivity contribution >= 4 is 6.09 Å². The predicted molar refractivity (Wildman–Crippen MR) is 59.5 cm³/mol. The minimum atomic E-state index is -0.513. The van der Waals surface area contributed by atoms with Crippen LogP contribution in [0.5, 0.6) is 0 Å². The molecule has 5 heteroatoms. The zero-order valence-corrected chi connectivity index (χ0v) is 10.1. The fourth-order valence-electron chi connectivity index (χ4n) is 1.78. The summed E-state index contributed by atoms with van der Waals surface area (Å²) < 4.78 is 5.27. The normalized spacial score (nSPS) is 25.3. The van der Waals surface area contributed by atoms with E-state index < -0.39 is 5.60 Å². The van der Waals surface area contributed by atoms with E-state index >= 15 is 0 Å². The van der Waals surface area contributed by atoms with Crippen LogP contribution in [0.4, 0.5) is 4.79 Å². The molecule has 5 nitrogen and oxygen atoms in total. The van der Waals surface area contributed by atoms with Gasteiger partial charge >= 0.3 is 6.09 Å². The van der Waals surface area contributed by atoms with Gasteiger partial charge < -0.3 is 15.4 Å². The summed E-state index contributed by atoms with van der Waals surface area (Å²) in [6.07, 6.45) is 0.271. The summed E-state index contributed by atoms with van der Waals surface area (Å²) in [5.41, 5.74) is 5.07. The molecule has 90 valence electrons. The molecule has 0 saturated carbocycles. The zero-order chi connectivity index (χ0) is 12.3. The predicted octanol–water partition coefficient (Wildman–Crippen LogP) is 1.09. The Kier molecular flexibility index (Phi) is 3.76. The highest BCUT2D eigenvalue weighted by molar-refractivity contribution is 5.69. The molecule has 1 fully saturated rings. The van der Waals surface area contributed by atoms with Crippen LogP contribution in [0.3, 0.4) is 0 Å². The first kappa shape index (κ1) is 12.8. The molecular weight excluding hydrogens is 206 g/mol. The molecule has 0 unspecified atom stereocenters. The van der Waals surface area contributed by atoms with Gasteiger partial charge in [0.05, 0.1) is 12.0 Å². The molecule has 0 aliphatic carbocycles. The summed E-state index contributed by atoms with van der Waals surface area (Å²) in [6, 6.07) is 2.10. The van der Waals surface area contributed by atoms with Gasteiger partial charge in [-0.25, -0.2) is 4.79 Å². The molecule has 2 N–H and O–H groups in total. The molecule has 0 spiro atoms. The van der Waals surface area contributed by atoms with Gasteiger partial charge in [-0.3, -0.25) is 0 Å². The van der Waals surface area contributed by atoms with Crippen molar-refractivity contribution in [1.82, 2.24) is 4.90 Å². The van der Waals surface area contributed by atoms with Crippen molar-refractivity contribution in [2.75, 3.05) is 13.1 Å². The molecule has 0 aromatic carbocycles. The Hall–Kier alpha value is -1.28. The minimum absolute atomic E-state index is 0.0699. The molecule has 1 aliphatic rings. The average Bonchev–Trinajstić information content (AvgIpc) is 2.58. The second-order valence-corrected chi connectivity index (χ2v) is 5.08. The van der Waals surface area contributed by atoms with Crippen LogP contribution in [0.25, 0.3) is 0 Å². The van der Waals surface area contributed by atoms with Crippen LogP contribution in [-0.4, -0.2) is 35.7 Å². The Morgan fingerprint density at radius 2 is 2.25 bits per heavy atom. The molecule has 0 aromatic heterocycles. The van der Waals surface area contributed by atoms with Gasteiger partial charge in [0.1, 0.15) is 5.60 Å². The summed E-state index contributed by atoms with van der Waals surface area (Å²) in [5, 5.41) is 8.84. The second kappa shape index (κ2) is 4.71. The second-order valence-electron chi connectivity index (χ2n) is 5.08. The van der Waals surface area contributed by atoms with Crippen molar-refractivity contribution in [3.63, 3.8) is 0 Å². The van der Waals surface area contributed by atoms with Crippen LogP contribution >= 0.6 is 0 Å². The number of nitrogens with two attached hydrogens (primary N) is 1. The van der Waals surface area contributed by atoms with E-state index in [2.05, 4.69) is 6.07 Å². The highest BCUT2D eigenvalue weighted by Gasteiger charge is 2.36. The van der Waals surface area contributed by atoms with Gasteiger partial charge in [0.15, 0.2) is 0 Å². The standard InChI is InChI=1S/C11H19N3O2/c1-11(2,3)16-10(15)14-7-8(5-12)4-9(14)6-13/h8-9H,4,6-7,13H2,1-3H3/t8-,9+/m1/s1. The van der Waals surface area contributed by atoms with E-state index in [1.807, 2.05) is 20.8 Å². The highest BCUT2D eigenvalue weighted by atomic mass is 16.6.